The number of fused-ring (bicyclic) bond motifs is 1. The van der Waals surface area contributed by atoms with Crippen LogP contribution in [-0.4, -0.2) is 16.1 Å². The van der Waals surface area contributed by atoms with Gasteiger partial charge in [-0.05, 0) is 50.2 Å². The van der Waals surface area contributed by atoms with Crippen molar-refractivity contribution in [2.75, 3.05) is 11.9 Å². The van der Waals surface area contributed by atoms with Gasteiger partial charge in [-0.25, -0.2) is 14.2 Å². The van der Waals surface area contributed by atoms with Crippen LogP contribution in [0.2, 0.25) is 0 Å². The lowest BCUT2D eigenvalue weighted by Gasteiger charge is -2.32. The molecular weight excluding hydrogens is 341 g/mol. The lowest BCUT2D eigenvalue weighted by atomic mass is 10.0. The summed E-state index contributed by atoms with van der Waals surface area (Å²) in [5, 5.41) is 6.95. The summed E-state index contributed by atoms with van der Waals surface area (Å²) in [7, 11) is 0. The van der Waals surface area contributed by atoms with Crippen LogP contribution in [-0.2, 0) is 12.1 Å². The van der Waals surface area contributed by atoms with E-state index in [0.717, 1.165) is 41.7 Å². The molecule has 2 heterocycles. The average Bonchev–Trinajstić information content (AvgIpc) is 3.03. The lowest BCUT2D eigenvalue weighted by Crippen LogP contribution is -2.45. The van der Waals surface area contributed by atoms with Crippen molar-refractivity contribution in [2.24, 2.45) is 0 Å². The first kappa shape index (κ1) is 17.3. The normalized spacial score (nSPS) is 15.0. The highest BCUT2D eigenvalue weighted by Gasteiger charge is 2.33. The second-order valence-electron chi connectivity index (χ2n) is 7.13. The number of hydrogen-bond acceptors (Lipinski definition) is 3. The summed E-state index contributed by atoms with van der Waals surface area (Å²) >= 11 is 0. The second kappa shape index (κ2) is 6.53. The minimum atomic E-state index is -0.269. The number of nitrogens with one attached hydrogen (secondary N) is 2. The molecule has 3 aromatic rings. The highest BCUT2D eigenvalue weighted by atomic mass is 19.1. The lowest BCUT2D eigenvalue weighted by molar-refractivity contribution is 0.317. The van der Waals surface area contributed by atoms with Gasteiger partial charge in [0.1, 0.15) is 23.2 Å². The maximum Gasteiger partial charge on any atom is 0.187 e. The number of aromatic nitrogens is 2. The standard InChI is InChI=1S/C21H20FN5/c1-21(2)20-26-18(14-4-6-15(22)7-5-14)19(27(20)13-12-24-21)25-17-10-8-16(23-3)9-11-17/h4-11,24-25H,12-13H2,1-2H3. The van der Waals surface area contributed by atoms with Crippen molar-refractivity contribution in [3.05, 3.63) is 71.6 Å². The van der Waals surface area contributed by atoms with E-state index < -0.39 is 0 Å². The van der Waals surface area contributed by atoms with E-state index in [1.165, 1.54) is 12.1 Å². The van der Waals surface area contributed by atoms with Crippen molar-refractivity contribution in [1.29, 1.82) is 0 Å². The molecule has 0 amide bonds. The number of rotatable bonds is 3. The number of anilines is 2. The molecule has 6 heteroatoms. The summed E-state index contributed by atoms with van der Waals surface area (Å²) in [5.74, 6) is 1.55. The molecule has 5 nitrogen and oxygen atoms in total. The van der Waals surface area contributed by atoms with E-state index in [0.29, 0.717) is 5.69 Å². The number of hydrogen-bond donors (Lipinski definition) is 2. The Labute approximate surface area is 157 Å². The first-order valence-corrected chi connectivity index (χ1v) is 8.84. The fourth-order valence-electron chi connectivity index (χ4n) is 3.40. The van der Waals surface area contributed by atoms with Crippen LogP contribution in [0.1, 0.15) is 19.7 Å². The molecule has 4 rings (SSSR count). The molecule has 0 radical (unpaired) electrons. The quantitative estimate of drug-likeness (QED) is 0.658. The van der Waals surface area contributed by atoms with Crippen molar-refractivity contribution in [3.8, 4) is 11.3 Å². The van der Waals surface area contributed by atoms with Crippen molar-refractivity contribution in [1.82, 2.24) is 14.9 Å². The number of halogens is 1. The zero-order chi connectivity index (χ0) is 19.0. The van der Waals surface area contributed by atoms with Crippen LogP contribution < -0.4 is 10.6 Å². The van der Waals surface area contributed by atoms with Crippen LogP contribution in [0.25, 0.3) is 16.1 Å². The van der Waals surface area contributed by atoms with Gasteiger partial charge in [-0.3, -0.25) is 0 Å². The van der Waals surface area contributed by atoms with E-state index in [9.17, 15) is 4.39 Å². The average molecular weight is 361 g/mol. The number of benzene rings is 2. The van der Waals surface area contributed by atoms with Gasteiger partial charge in [0.15, 0.2) is 5.69 Å². The maximum absolute atomic E-state index is 13.4. The first-order valence-electron chi connectivity index (χ1n) is 8.84. The van der Waals surface area contributed by atoms with Crippen molar-refractivity contribution in [3.63, 3.8) is 0 Å². The molecule has 0 saturated carbocycles. The molecule has 1 aromatic heterocycles. The summed E-state index contributed by atoms with van der Waals surface area (Å²) in [6.07, 6.45) is 0. The van der Waals surface area contributed by atoms with Crippen LogP contribution in [0, 0.1) is 12.4 Å². The Morgan fingerprint density at radius 1 is 1.15 bits per heavy atom. The smallest absolute Gasteiger partial charge is 0.187 e. The van der Waals surface area contributed by atoms with Crippen molar-refractivity contribution < 1.29 is 4.39 Å². The van der Waals surface area contributed by atoms with Gasteiger partial charge in [0.25, 0.3) is 0 Å². The zero-order valence-electron chi connectivity index (χ0n) is 15.3. The summed E-state index contributed by atoms with van der Waals surface area (Å²) in [6, 6.07) is 13.7. The van der Waals surface area contributed by atoms with Crippen molar-refractivity contribution in [2.45, 2.75) is 25.9 Å². The molecule has 0 spiro atoms. The molecule has 27 heavy (non-hydrogen) atoms. The van der Waals surface area contributed by atoms with E-state index in [1.807, 2.05) is 12.1 Å². The SMILES string of the molecule is [C-]#[N+]c1ccc(Nc2c(-c3ccc(F)cc3)nc3n2CCNC3(C)C)cc1. The molecule has 0 aliphatic carbocycles. The predicted molar refractivity (Wildman–Crippen MR) is 105 cm³/mol. The minimum absolute atomic E-state index is 0.263. The molecule has 1 aliphatic rings. The number of imidazole rings is 1. The Bertz CT molecular complexity index is 1010. The monoisotopic (exact) mass is 361 g/mol. The predicted octanol–water partition coefficient (Wildman–Crippen LogP) is 4.82. The largest absolute Gasteiger partial charge is 0.340 e. The fourth-order valence-corrected chi connectivity index (χ4v) is 3.40. The molecule has 0 saturated heterocycles. The van der Waals surface area contributed by atoms with Gasteiger partial charge in [0.2, 0.25) is 0 Å². The molecule has 0 fully saturated rings. The third-order valence-electron chi connectivity index (χ3n) is 4.81. The topological polar surface area (TPSA) is 46.2 Å². The summed E-state index contributed by atoms with van der Waals surface area (Å²) in [4.78, 5) is 8.33. The first-order chi connectivity index (χ1) is 13.0. The van der Waals surface area contributed by atoms with Gasteiger partial charge in [0.05, 0.1) is 12.1 Å². The molecule has 2 N–H and O–H groups in total. The summed E-state index contributed by atoms with van der Waals surface area (Å²) in [5.41, 5.74) is 2.86. The van der Waals surface area contributed by atoms with Gasteiger partial charge in [-0.2, -0.15) is 0 Å². The molecule has 0 bridgehead atoms. The van der Waals surface area contributed by atoms with E-state index in [2.05, 4.69) is 33.9 Å². The minimum Gasteiger partial charge on any atom is -0.340 e. The maximum atomic E-state index is 13.4. The molecule has 136 valence electrons. The molecule has 0 atom stereocenters. The third-order valence-corrected chi connectivity index (χ3v) is 4.81. The van der Waals surface area contributed by atoms with E-state index in [4.69, 9.17) is 11.6 Å². The van der Waals surface area contributed by atoms with Gasteiger partial charge in [0, 0.05) is 24.3 Å². The molecule has 1 aliphatic heterocycles. The van der Waals surface area contributed by atoms with Crippen LogP contribution in [0.3, 0.4) is 0 Å². The Morgan fingerprint density at radius 2 is 1.85 bits per heavy atom. The van der Waals surface area contributed by atoms with Crippen LogP contribution >= 0.6 is 0 Å². The summed E-state index contributed by atoms with van der Waals surface area (Å²) < 4.78 is 15.6. The van der Waals surface area contributed by atoms with Gasteiger partial charge in [-0.1, -0.05) is 12.1 Å². The van der Waals surface area contributed by atoms with Gasteiger partial charge >= 0.3 is 0 Å². The van der Waals surface area contributed by atoms with Crippen LogP contribution in [0.15, 0.2) is 48.5 Å². The second-order valence-corrected chi connectivity index (χ2v) is 7.13. The molecular formula is C21H20FN5. The van der Waals surface area contributed by atoms with Gasteiger partial charge in [-0.15, -0.1) is 0 Å². The Kier molecular flexibility index (Phi) is 4.17. The Morgan fingerprint density at radius 3 is 2.52 bits per heavy atom. The highest BCUT2D eigenvalue weighted by molar-refractivity contribution is 5.77. The van der Waals surface area contributed by atoms with E-state index >= 15 is 0 Å². The fraction of sp³-hybridized carbons (Fsp3) is 0.238. The molecule has 0 unspecified atom stereocenters. The third kappa shape index (κ3) is 3.18. The molecule has 2 aromatic carbocycles. The Balaban J connectivity index is 1.83. The van der Waals surface area contributed by atoms with Gasteiger partial charge < -0.3 is 15.2 Å². The highest BCUT2D eigenvalue weighted by Crippen LogP contribution is 2.36. The van der Waals surface area contributed by atoms with Crippen LogP contribution in [0.5, 0.6) is 0 Å². The number of nitrogens with zero attached hydrogens (tertiary/aromatic N) is 3. The Hall–Kier alpha value is -3.17. The summed E-state index contributed by atoms with van der Waals surface area (Å²) in [6.45, 7) is 12.9. The van der Waals surface area contributed by atoms with Crippen molar-refractivity contribution >= 4 is 17.2 Å². The van der Waals surface area contributed by atoms with E-state index in [-0.39, 0.29) is 11.4 Å². The zero-order valence-corrected chi connectivity index (χ0v) is 15.3. The van der Waals surface area contributed by atoms with E-state index in [1.54, 1.807) is 24.3 Å². The van der Waals surface area contributed by atoms with Crippen LogP contribution in [0.4, 0.5) is 21.6 Å².